The van der Waals surface area contributed by atoms with Crippen LogP contribution in [0.4, 0.5) is 0 Å². The summed E-state index contributed by atoms with van der Waals surface area (Å²) < 4.78 is 87.3. The third-order valence-electron chi connectivity index (χ3n) is 5.11. The first kappa shape index (κ1) is 28.4. The second-order valence-electron chi connectivity index (χ2n) is 7.97. The Balaban J connectivity index is 1.64. The van der Waals surface area contributed by atoms with E-state index >= 15 is 0 Å². The van der Waals surface area contributed by atoms with Crippen LogP contribution in [0.3, 0.4) is 0 Å². The number of aromatic hydroxyl groups is 1. The predicted octanol–water partition coefficient (Wildman–Crippen LogP) is 3.79. The zero-order chi connectivity index (χ0) is 27.1. The maximum Gasteiger partial charge on any atom is 0.339 e. The first-order chi connectivity index (χ1) is 17.4. The quantitative estimate of drug-likeness (QED) is 0.231. The van der Waals surface area contributed by atoms with E-state index in [1.807, 2.05) is 0 Å². The van der Waals surface area contributed by atoms with Gasteiger partial charge in [0, 0.05) is 6.54 Å². The van der Waals surface area contributed by atoms with Crippen molar-refractivity contribution >= 4 is 30.3 Å². The highest BCUT2D eigenvalue weighted by atomic mass is 32.2. The molecule has 3 aromatic carbocycles. The molecule has 0 unspecified atom stereocenters. The van der Waals surface area contributed by atoms with E-state index in [-0.39, 0.29) is 31.9 Å². The van der Waals surface area contributed by atoms with Crippen LogP contribution in [0.1, 0.15) is 32.6 Å². The molecule has 3 rings (SSSR count). The molecule has 0 saturated heterocycles. The topological polar surface area (TPSA) is 153 Å². The van der Waals surface area contributed by atoms with E-state index < -0.39 is 30.3 Å². The van der Waals surface area contributed by atoms with Gasteiger partial charge in [-0.2, -0.15) is 16.8 Å². The van der Waals surface area contributed by atoms with Gasteiger partial charge in [-0.05, 0) is 79.2 Å². The minimum atomic E-state index is -4.30. The van der Waals surface area contributed by atoms with E-state index in [0.29, 0.717) is 6.54 Å². The fraction of sp³-hybridized carbons (Fsp3) is 0.250. The lowest BCUT2D eigenvalue weighted by atomic mass is 10.2. The lowest BCUT2D eigenvalue weighted by Crippen LogP contribution is -2.24. The summed E-state index contributed by atoms with van der Waals surface area (Å²) in [5, 5.41) is 9.29. The lowest BCUT2D eigenvalue weighted by molar-refractivity contribution is 0.473. The van der Waals surface area contributed by atoms with Gasteiger partial charge in [-0.1, -0.05) is 26.2 Å². The number of rotatable bonds is 13. The number of nitrogens with one attached hydrogen (secondary N) is 1. The molecule has 0 aliphatic rings. The Morgan fingerprint density at radius 3 is 1.51 bits per heavy atom. The van der Waals surface area contributed by atoms with Crippen LogP contribution in [0.5, 0.6) is 17.2 Å². The third kappa shape index (κ3) is 7.92. The van der Waals surface area contributed by atoms with Crippen molar-refractivity contribution in [1.82, 2.24) is 4.72 Å². The summed E-state index contributed by atoms with van der Waals surface area (Å²) in [6.45, 7) is 2.37. The second kappa shape index (κ2) is 11.9. The average Bonchev–Trinajstić information content (AvgIpc) is 2.84. The number of sulfonamides is 1. The van der Waals surface area contributed by atoms with E-state index in [2.05, 4.69) is 11.6 Å². The minimum absolute atomic E-state index is 0.0240. The van der Waals surface area contributed by atoms with Crippen LogP contribution in [-0.4, -0.2) is 36.9 Å². The lowest BCUT2D eigenvalue weighted by Gasteiger charge is -2.10. The van der Waals surface area contributed by atoms with E-state index in [0.717, 1.165) is 62.1 Å². The van der Waals surface area contributed by atoms with Crippen molar-refractivity contribution in [2.75, 3.05) is 6.54 Å². The van der Waals surface area contributed by atoms with Gasteiger partial charge in [0.25, 0.3) is 0 Å². The van der Waals surface area contributed by atoms with Crippen molar-refractivity contribution in [3.05, 3.63) is 72.8 Å². The zero-order valence-corrected chi connectivity index (χ0v) is 22.4. The van der Waals surface area contributed by atoms with E-state index in [1.54, 1.807) is 0 Å². The number of hydrogen-bond donors (Lipinski definition) is 2. The van der Waals surface area contributed by atoms with Crippen molar-refractivity contribution in [3.8, 4) is 17.2 Å². The van der Waals surface area contributed by atoms with E-state index in [9.17, 15) is 30.4 Å². The predicted molar refractivity (Wildman–Crippen MR) is 136 cm³/mol. The van der Waals surface area contributed by atoms with Crippen LogP contribution in [0.25, 0.3) is 0 Å². The Hall–Kier alpha value is -3.13. The summed E-state index contributed by atoms with van der Waals surface area (Å²) in [5.74, 6) is -0.347. The summed E-state index contributed by atoms with van der Waals surface area (Å²) >= 11 is 0. The van der Waals surface area contributed by atoms with Gasteiger partial charge >= 0.3 is 20.2 Å². The molecule has 0 bridgehead atoms. The van der Waals surface area contributed by atoms with Gasteiger partial charge < -0.3 is 13.5 Å². The maximum atomic E-state index is 12.6. The molecule has 0 saturated carbocycles. The van der Waals surface area contributed by atoms with Crippen molar-refractivity contribution < 1.29 is 38.7 Å². The van der Waals surface area contributed by atoms with Gasteiger partial charge in [0.05, 0.1) is 4.90 Å². The normalized spacial score (nSPS) is 12.2. The summed E-state index contributed by atoms with van der Waals surface area (Å²) in [5.41, 5.74) is 0. The summed E-state index contributed by atoms with van der Waals surface area (Å²) in [6, 6.07) is 14.2. The highest BCUT2D eigenvalue weighted by molar-refractivity contribution is 7.89. The van der Waals surface area contributed by atoms with Gasteiger partial charge in [-0.25, -0.2) is 13.1 Å². The molecule has 37 heavy (non-hydrogen) atoms. The first-order valence-corrected chi connectivity index (χ1v) is 15.6. The van der Waals surface area contributed by atoms with Crippen LogP contribution in [-0.2, 0) is 30.3 Å². The highest BCUT2D eigenvalue weighted by Gasteiger charge is 2.20. The molecule has 13 heteroatoms. The van der Waals surface area contributed by atoms with Gasteiger partial charge in [-0.3, -0.25) is 0 Å². The number of benzene rings is 3. The van der Waals surface area contributed by atoms with Crippen molar-refractivity contribution in [3.63, 3.8) is 0 Å². The largest absolute Gasteiger partial charge is 0.508 e. The molecule has 0 atom stereocenters. The smallest absolute Gasteiger partial charge is 0.339 e. The van der Waals surface area contributed by atoms with Crippen LogP contribution in [0.2, 0.25) is 0 Å². The van der Waals surface area contributed by atoms with Gasteiger partial charge in [0.1, 0.15) is 27.0 Å². The number of phenolic OH excluding ortho intramolecular Hbond substituents is 1. The minimum Gasteiger partial charge on any atom is -0.508 e. The molecule has 200 valence electrons. The number of unbranched alkanes of at least 4 members (excludes halogenated alkanes) is 3. The second-order valence-corrected chi connectivity index (χ2v) is 12.8. The van der Waals surface area contributed by atoms with Gasteiger partial charge in [0.15, 0.2) is 0 Å². The first-order valence-electron chi connectivity index (χ1n) is 11.3. The van der Waals surface area contributed by atoms with E-state index in [4.69, 9.17) is 8.37 Å². The summed E-state index contributed by atoms with van der Waals surface area (Å²) in [4.78, 5) is -0.487. The zero-order valence-electron chi connectivity index (χ0n) is 19.9. The van der Waals surface area contributed by atoms with Crippen molar-refractivity contribution in [2.24, 2.45) is 0 Å². The average molecular weight is 570 g/mol. The van der Waals surface area contributed by atoms with Gasteiger partial charge in [0.2, 0.25) is 10.0 Å². The Morgan fingerprint density at radius 1 is 0.622 bits per heavy atom. The highest BCUT2D eigenvalue weighted by Crippen LogP contribution is 2.25. The molecule has 0 aliphatic carbocycles. The number of phenols is 1. The van der Waals surface area contributed by atoms with Crippen molar-refractivity contribution in [1.29, 1.82) is 0 Å². The third-order valence-corrected chi connectivity index (χ3v) is 9.11. The molecule has 2 N–H and O–H groups in total. The Labute approximate surface area is 217 Å². The molecule has 0 heterocycles. The Morgan fingerprint density at radius 2 is 1.05 bits per heavy atom. The molecule has 0 amide bonds. The molecule has 0 fully saturated rings. The standard InChI is InChI=1S/C24H27NO9S3/c1-2-3-4-5-18-25-35(27,28)22-14-8-20(9-15-22)33-37(31,32)24-16-10-21(11-17-24)34-36(29,30)23-12-6-19(26)7-13-23/h6-17,25-26H,2-5,18H2,1H3. The fourth-order valence-electron chi connectivity index (χ4n) is 3.14. The monoisotopic (exact) mass is 569 g/mol. The fourth-order valence-corrected chi connectivity index (χ4v) is 6.07. The molecular weight excluding hydrogens is 542 g/mol. The summed E-state index contributed by atoms with van der Waals surface area (Å²) in [7, 11) is -12.2. The number of hydrogen-bond acceptors (Lipinski definition) is 9. The van der Waals surface area contributed by atoms with Crippen LogP contribution < -0.4 is 13.1 Å². The SMILES string of the molecule is CCCCCCNS(=O)(=O)c1ccc(OS(=O)(=O)c2ccc(OS(=O)(=O)c3ccc(O)cc3)cc2)cc1. The Bertz CT molecular complexity index is 1500. The Kier molecular flexibility index (Phi) is 9.18. The maximum absolute atomic E-state index is 12.6. The van der Waals surface area contributed by atoms with Gasteiger partial charge in [-0.15, -0.1) is 0 Å². The molecule has 0 aromatic heterocycles. The van der Waals surface area contributed by atoms with Crippen LogP contribution in [0.15, 0.2) is 87.5 Å². The summed E-state index contributed by atoms with van der Waals surface area (Å²) in [6.07, 6.45) is 3.71. The molecule has 0 aliphatic heterocycles. The molecule has 10 nitrogen and oxygen atoms in total. The molecule has 3 aromatic rings. The molecular formula is C24H27NO9S3. The van der Waals surface area contributed by atoms with Crippen molar-refractivity contribution in [2.45, 2.75) is 47.3 Å². The van der Waals surface area contributed by atoms with Crippen LogP contribution >= 0.6 is 0 Å². The van der Waals surface area contributed by atoms with Crippen LogP contribution in [0, 0.1) is 0 Å². The molecule has 0 radical (unpaired) electrons. The van der Waals surface area contributed by atoms with E-state index in [1.165, 1.54) is 36.4 Å². The molecule has 0 spiro atoms.